The molecule has 0 bridgehead atoms. The Morgan fingerprint density at radius 2 is 0.864 bits per heavy atom. The Balaban J connectivity index is 1.15. The minimum absolute atomic E-state index is 0.00602. The standard InChI is InChI=1S/C64H53NS/c1-63(2,3)48-39-47(40-49(41-48)64(4,5)6)51-25-15-20-44-21-16-26-55(61(44)51)52-22-9-12-29-58(52)65(50-36-34-43(35-37-50)46-33-32-42-18-7-8-19-45(42)38-46)59-30-13-10-23-53(59)56-27-17-28-57-54-24-11-14-31-60(54)66-62(56)57/h7-41H,1-6H3. The third-order valence-corrected chi connectivity index (χ3v) is 14.6. The van der Waals surface area contributed by atoms with Crippen LogP contribution in [0, 0.1) is 0 Å². The first kappa shape index (κ1) is 41.4. The third kappa shape index (κ3) is 7.46. The molecular formula is C64H53NS. The molecule has 1 nitrogen and oxygen atoms in total. The van der Waals surface area contributed by atoms with Gasteiger partial charge in [0.15, 0.2) is 0 Å². The molecule has 0 saturated heterocycles. The van der Waals surface area contributed by atoms with Gasteiger partial charge >= 0.3 is 0 Å². The lowest BCUT2D eigenvalue weighted by atomic mass is 9.78. The fourth-order valence-corrected chi connectivity index (χ4v) is 11.0. The highest BCUT2D eigenvalue weighted by molar-refractivity contribution is 7.26. The number of hydrogen-bond donors (Lipinski definition) is 0. The van der Waals surface area contributed by atoms with Crippen LogP contribution < -0.4 is 4.90 Å². The molecule has 0 spiro atoms. The molecule has 0 amide bonds. The average molecular weight is 868 g/mol. The van der Waals surface area contributed by atoms with Crippen LogP contribution in [0.4, 0.5) is 17.1 Å². The van der Waals surface area contributed by atoms with Gasteiger partial charge in [0, 0.05) is 42.6 Å². The van der Waals surface area contributed by atoms with Gasteiger partial charge in [-0.2, -0.15) is 0 Å². The van der Waals surface area contributed by atoms with Crippen LogP contribution in [0.1, 0.15) is 52.7 Å². The molecule has 11 rings (SSSR count). The van der Waals surface area contributed by atoms with E-state index in [4.69, 9.17) is 0 Å². The highest BCUT2D eigenvalue weighted by Gasteiger charge is 2.25. The Hall–Kier alpha value is -7.26. The summed E-state index contributed by atoms with van der Waals surface area (Å²) in [6.45, 7) is 13.9. The van der Waals surface area contributed by atoms with Crippen LogP contribution in [0.2, 0.25) is 0 Å². The van der Waals surface area contributed by atoms with E-state index in [9.17, 15) is 0 Å². The Kier molecular flexibility index (Phi) is 10.2. The van der Waals surface area contributed by atoms with Crippen molar-refractivity contribution in [2.75, 3.05) is 4.90 Å². The Morgan fingerprint density at radius 1 is 0.348 bits per heavy atom. The molecule has 0 fully saturated rings. The van der Waals surface area contributed by atoms with Crippen LogP contribution >= 0.6 is 11.3 Å². The zero-order chi connectivity index (χ0) is 45.2. The lowest BCUT2D eigenvalue weighted by Gasteiger charge is -2.30. The summed E-state index contributed by atoms with van der Waals surface area (Å²) in [5.74, 6) is 0. The SMILES string of the molecule is CC(C)(C)c1cc(-c2cccc3cccc(-c4ccccc4N(c4ccc(-c5ccc6ccccc6c5)cc4)c4ccccc4-c4cccc5c4sc4ccccc45)c23)cc(C(C)(C)C)c1. The predicted octanol–water partition coefficient (Wildman–Crippen LogP) is 19.1. The van der Waals surface area contributed by atoms with Crippen molar-refractivity contribution in [2.45, 2.75) is 52.4 Å². The predicted molar refractivity (Wildman–Crippen MR) is 288 cm³/mol. The monoisotopic (exact) mass is 867 g/mol. The summed E-state index contributed by atoms with van der Waals surface area (Å²) in [7, 11) is 0. The van der Waals surface area contributed by atoms with Gasteiger partial charge in [-0.15, -0.1) is 11.3 Å². The molecule has 320 valence electrons. The molecule has 0 aliphatic carbocycles. The van der Waals surface area contributed by atoms with Gasteiger partial charge < -0.3 is 4.90 Å². The molecule has 10 aromatic carbocycles. The van der Waals surface area contributed by atoms with Gasteiger partial charge in [0.25, 0.3) is 0 Å². The topological polar surface area (TPSA) is 3.24 Å². The number of benzene rings is 10. The first-order chi connectivity index (χ1) is 32.0. The summed E-state index contributed by atoms with van der Waals surface area (Å²) in [6.07, 6.45) is 0. The number of para-hydroxylation sites is 2. The van der Waals surface area contributed by atoms with Crippen molar-refractivity contribution in [3.8, 4) is 44.5 Å². The van der Waals surface area contributed by atoms with E-state index < -0.39 is 0 Å². The fourth-order valence-electron chi connectivity index (χ4n) is 9.79. The van der Waals surface area contributed by atoms with Gasteiger partial charge in [0.1, 0.15) is 0 Å². The first-order valence-electron chi connectivity index (χ1n) is 23.2. The average Bonchev–Trinajstić information content (AvgIpc) is 3.73. The molecular weight excluding hydrogens is 815 g/mol. The van der Waals surface area contributed by atoms with E-state index in [1.807, 2.05) is 11.3 Å². The van der Waals surface area contributed by atoms with Crippen LogP contribution in [0.3, 0.4) is 0 Å². The second kappa shape index (κ2) is 16.3. The molecule has 0 aliphatic rings. The zero-order valence-corrected chi connectivity index (χ0v) is 39.4. The van der Waals surface area contributed by atoms with Crippen molar-refractivity contribution in [1.29, 1.82) is 0 Å². The third-order valence-electron chi connectivity index (χ3n) is 13.4. The maximum absolute atomic E-state index is 2.50. The molecule has 11 aromatic rings. The first-order valence-corrected chi connectivity index (χ1v) is 24.0. The highest BCUT2D eigenvalue weighted by atomic mass is 32.1. The van der Waals surface area contributed by atoms with Gasteiger partial charge in [-0.1, -0.05) is 217 Å². The van der Waals surface area contributed by atoms with Crippen LogP contribution in [-0.4, -0.2) is 0 Å². The van der Waals surface area contributed by atoms with E-state index in [1.165, 1.54) is 97.4 Å². The van der Waals surface area contributed by atoms with Crippen molar-refractivity contribution in [2.24, 2.45) is 0 Å². The van der Waals surface area contributed by atoms with E-state index in [0.717, 1.165) is 17.1 Å². The van der Waals surface area contributed by atoms with Gasteiger partial charge in [-0.3, -0.25) is 0 Å². The summed E-state index contributed by atoms with van der Waals surface area (Å²) in [6, 6.07) is 79.1. The molecule has 0 saturated carbocycles. The summed E-state index contributed by atoms with van der Waals surface area (Å²) >= 11 is 1.88. The van der Waals surface area contributed by atoms with Crippen LogP contribution in [0.5, 0.6) is 0 Å². The summed E-state index contributed by atoms with van der Waals surface area (Å²) < 4.78 is 2.61. The molecule has 1 aromatic heterocycles. The highest BCUT2D eigenvalue weighted by Crippen LogP contribution is 2.50. The van der Waals surface area contributed by atoms with E-state index >= 15 is 0 Å². The Labute approximate surface area is 393 Å². The number of hydrogen-bond acceptors (Lipinski definition) is 2. The normalized spacial score (nSPS) is 12.1. The van der Waals surface area contributed by atoms with Crippen LogP contribution in [0.25, 0.3) is 86.2 Å². The lowest BCUT2D eigenvalue weighted by Crippen LogP contribution is -2.16. The number of anilines is 3. The van der Waals surface area contributed by atoms with Crippen molar-refractivity contribution >= 4 is 70.1 Å². The second-order valence-corrected chi connectivity index (χ2v) is 20.8. The smallest absolute Gasteiger partial charge is 0.0540 e. The maximum atomic E-state index is 2.50. The molecule has 66 heavy (non-hydrogen) atoms. The lowest BCUT2D eigenvalue weighted by molar-refractivity contribution is 0.569. The van der Waals surface area contributed by atoms with Gasteiger partial charge in [-0.25, -0.2) is 0 Å². The van der Waals surface area contributed by atoms with E-state index in [-0.39, 0.29) is 10.8 Å². The largest absolute Gasteiger partial charge is 0.309 e. The van der Waals surface area contributed by atoms with E-state index in [1.54, 1.807) is 0 Å². The van der Waals surface area contributed by atoms with Crippen LogP contribution in [0.15, 0.2) is 212 Å². The summed E-state index contributed by atoms with van der Waals surface area (Å²) in [4.78, 5) is 2.50. The minimum atomic E-state index is -0.00602. The molecule has 0 unspecified atom stereocenters. The summed E-state index contributed by atoms with van der Waals surface area (Å²) in [5, 5.41) is 7.57. The fraction of sp³-hybridized carbons (Fsp3) is 0.125. The number of rotatable bonds is 7. The summed E-state index contributed by atoms with van der Waals surface area (Å²) in [5.41, 5.74) is 15.7. The zero-order valence-electron chi connectivity index (χ0n) is 38.6. The quantitative estimate of drug-likeness (QED) is 0.154. The van der Waals surface area contributed by atoms with Crippen molar-refractivity contribution in [1.82, 2.24) is 0 Å². The molecule has 0 aliphatic heterocycles. The van der Waals surface area contributed by atoms with Gasteiger partial charge in [0.2, 0.25) is 0 Å². The van der Waals surface area contributed by atoms with Gasteiger partial charge in [0.05, 0.1) is 11.4 Å². The Bertz CT molecular complexity index is 3570. The molecule has 0 radical (unpaired) electrons. The van der Waals surface area contributed by atoms with Crippen LogP contribution in [-0.2, 0) is 10.8 Å². The number of nitrogens with zero attached hydrogens (tertiary/aromatic N) is 1. The minimum Gasteiger partial charge on any atom is -0.309 e. The Morgan fingerprint density at radius 3 is 1.56 bits per heavy atom. The molecule has 2 heteroatoms. The maximum Gasteiger partial charge on any atom is 0.0540 e. The molecule has 0 atom stereocenters. The van der Waals surface area contributed by atoms with Crippen molar-refractivity contribution < 1.29 is 0 Å². The second-order valence-electron chi connectivity index (χ2n) is 19.8. The number of fused-ring (bicyclic) bond motifs is 5. The van der Waals surface area contributed by atoms with Gasteiger partial charge in [-0.05, 0) is 108 Å². The van der Waals surface area contributed by atoms with E-state index in [0.29, 0.717) is 0 Å². The molecule has 0 N–H and O–H groups in total. The van der Waals surface area contributed by atoms with E-state index in [2.05, 4.69) is 259 Å². The van der Waals surface area contributed by atoms with Crippen molar-refractivity contribution in [3.05, 3.63) is 223 Å². The van der Waals surface area contributed by atoms with Crippen molar-refractivity contribution in [3.63, 3.8) is 0 Å². The number of thiophene rings is 1. The molecule has 1 heterocycles.